The Labute approximate surface area is 115 Å². The van der Waals surface area contributed by atoms with E-state index in [4.69, 9.17) is 9.47 Å². The highest BCUT2D eigenvalue weighted by molar-refractivity contribution is 6.02. The van der Waals surface area contributed by atoms with Gasteiger partial charge in [0.15, 0.2) is 0 Å². The van der Waals surface area contributed by atoms with Crippen LogP contribution >= 0.6 is 0 Å². The standard InChI is InChI=1S/C14H14O6/c1-6-8-3-2-7(4-11(15)19-12(8)16)10-5-9(6)13(17)20-14(10)18/h7-8,10H,2-5H2,1H3/t7?,8?,10-/m0/s1. The average Bonchev–Trinajstić information content (AvgIpc) is 2.34. The molecule has 0 radical (unpaired) electrons. The molecule has 0 amide bonds. The summed E-state index contributed by atoms with van der Waals surface area (Å²) in [5.74, 6) is -3.80. The predicted octanol–water partition coefficient (Wildman–Crippen LogP) is 0.892. The number of carbonyl (C=O) groups excluding carboxylic acids is 4. The molecule has 6 heteroatoms. The number of hydrogen-bond acceptors (Lipinski definition) is 6. The quantitative estimate of drug-likeness (QED) is 0.483. The average molecular weight is 278 g/mol. The molecule has 0 aromatic heterocycles. The molecule has 0 saturated carbocycles. The zero-order valence-electron chi connectivity index (χ0n) is 11.0. The Hall–Kier alpha value is -1.98. The summed E-state index contributed by atoms with van der Waals surface area (Å²) in [6, 6.07) is 0. The molecule has 0 spiro atoms. The molecule has 1 aliphatic carbocycles. The number of cyclic esters (lactones) is 4. The summed E-state index contributed by atoms with van der Waals surface area (Å²) < 4.78 is 9.57. The van der Waals surface area contributed by atoms with Crippen LogP contribution in [0.3, 0.4) is 0 Å². The van der Waals surface area contributed by atoms with Crippen LogP contribution in [-0.4, -0.2) is 23.9 Å². The molecule has 3 atom stereocenters. The van der Waals surface area contributed by atoms with Gasteiger partial charge in [0.1, 0.15) is 0 Å². The fourth-order valence-corrected chi connectivity index (χ4v) is 3.28. The molecule has 2 saturated heterocycles. The number of hydrogen-bond donors (Lipinski definition) is 0. The van der Waals surface area contributed by atoms with Crippen molar-refractivity contribution in [2.75, 3.05) is 0 Å². The van der Waals surface area contributed by atoms with Crippen LogP contribution in [0.2, 0.25) is 0 Å². The molecule has 20 heavy (non-hydrogen) atoms. The first-order chi connectivity index (χ1) is 9.47. The minimum absolute atomic E-state index is 0.0126. The molecule has 6 nitrogen and oxygen atoms in total. The first-order valence-electron chi connectivity index (χ1n) is 6.67. The van der Waals surface area contributed by atoms with E-state index in [1.165, 1.54) is 0 Å². The molecule has 106 valence electrons. The van der Waals surface area contributed by atoms with E-state index in [0.717, 1.165) is 0 Å². The van der Waals surface area contributed by atoms with Crippen molar-refractivity contribution in [2.24, 2.45) is 17.8 Å². The molecule has 2 fully saturated rings. The van der Waals surface area contributed by atoms with E-state index in [1.807, 2.05) is 0 Å². The molecule has 0 aromatic carbocycles. The third-order valence-corrected chi connectivity index (χ3v) is 4.49. The summed E-state index contributed by atoms with van der Waals surface area (Å²) in [6.45, 7) is 1.67. The van der Waals surface area contributed by atoms with Crippen LogP contribution in [0.5, 0.6) is 0 Å². The SMILES string of the molecule is CC1=C2C[C@H](C(=O)OC2=O)C2CCC1C(=O)OC(=O)C2. The molecular weight excluding hydrogens is 264 g/mol. The van der Waals surface area contributed by atoms with Crippen LogP contribution in [0.4, 0.5) is 0 Å². The topological polar surface area (TPSA) is 86.7 Å². The second-order valence-electron chi connectivity index (χ2n) is 5.57. The number of ether oxygens (including phenoxy) is 2. The van der Waals surface area contributed by atoms with Crippen molar-refractivity contribution in [3.63, 3.8) is 0 Å². The summed E-state index contributed by atoms with van der Waals surface area (Å²) >= 11 is 0. The molecule has 0 aromatic rings. The summed E-state index contributed by atoms with van der Waals surface area (Å²) in [6.07, 6.45) is 1.33. The Morgan fingerprint density at radius 2 is 1.70 bits per heavy atom. The van der Waals surface area contributed by atoms with Crippen LogP contribution < -0.4 is 0 Å². The number of esters is 4. The van der Waals surface area contributed by atoms with E-state index >= 15 is 0 Å². The van der Waals surface area contributed by atoms with Gasteiger partial charge in [0, 0.05) is 12.0 Å². The smallest absolute Gasteiger partial charge is 0.341 e. The third-order valence-electron chi connectivity index (χ3n) is 4.49. The lowest BCUT2D eigenvalue weighted by atomic mass is 9.73. The van der Waals surface area contributed by atoms with Crippen molar-refractivity contribution in [2.45, 2.75) is 32.6 Å². The van der Waals surface area contributed by atoms with Crippen LogP contribution in [-0.2, 0) is 28.7 Å². The van der Waals surface area contributed by atoms with Gasteiger partial charge < -0.3 is 9.47 Å². The third kappa shape index (κ3) is 1.95. The summed E-state index contributed by atoms with van der Waals surface area (Å²) in [4.78, 5) is 47.3. The Morgan fingerprint density at radius 1 is 0.950 bits per heavy atom. The van der Waals surface area contributed by atoms with E-state index < -0.39 is 35.7 Å². The lowest BCUT2D eigenvalue weighted by molar-refractivity contribution is -0.168. The number of carbonyl (C=O) groups is 4. The van der Waals surface area contributed by atoms with Crippen molar-refractivity contribution in [1.82, 2.24) is 0 Å². The van der Waals surface area contributed by atoms with Crippen molar-refractivity contribution in [3.8, 4) is 0 Å². The maximum atomic E-state index is 11.9. The summed E-state index contributed by atoms with van der Waals surface area (Å²) in [5, 5.41) is 0. The van der Waals surface area contributed by atoms with Crippen LogP contribution in [0.1, 0.15) is 32.6 Å². The predicted molar refractivity (Wildman–Crippen MR) is 63.8 cm³/mol. The van der Waals surface area contributed by atoms with E-state index in [0.29, 0.717) is 24.0 Å². The molecule has 3 rings (SSSR count). The Kier molecular flexibility index (Phi) is 2.96. The zero-order valence-corrected chi connectivity index (χ0v) is 11.0. The second kappa shape index (κ2) is 4.54. The monoisotopic (exact) mass is 278 g/mol. The summed E-state index contributed by atoms with van der Waals surface area (Å²) in [5.41, 5.74) is 0.946. The van der Waals surface area contributed by atoms with Gasteiger partial charge in [-0.2, -0.15) is 0 Å². The highest BCUT2D eigenvalue weighted by Crippen LogP contribution is 2.41. The van der Waals surface area contributed by atoms with Gasteiger partial charge in [-0.15, -0.1) is 0 Å². The summed E-state index contributed by atoms with van der Waals surface area (Å²) in [7, 11) is 0. The van der Waals surface area contributed by atoms with Gasteiger partial charge in [-0.05, 0) is 37.7 Å². The number of fused-ring (bicyclic) bond motifs is 6. The Bertz CT molecular complexity index is 558. The van der Waals surface area contributed by atoms with Crippen LogP contribution in [0, 0.1) is 17.8 Å². The lowest BCUT2D eigenvalue weighted by Crippen LogP contribution is -2.41. The van der Waals surface area contributed by atoms with Gasteiger partial charge >= 0.3 is 23.9 Å². The molecule has 4 bridgehead atoms. The first-order valence-corrected chi connectivity index (χ1v) is 6.67. The molecule has 3 aliphatic rings. The van der Waals surface area contributed by atoms with E-state index in [-0.39, 0.29) is 18.8 Å². The fourth-order valence-electron chi connectivity index (χ4n) is 3.28. The molecule has 2 unspecified atom stereocenters. The van der Waals surface area contributed by atoms with Gasteiger partial charge in [0.2, 0.25) is 0 Å². The zero-order chi connectivity index (χ0) is 14.4. The largest absolute Gasteiger partial charge is 0.393 e. The van der Waals surface area contributed by atoms with Crippen molar-refractivity contribution >= 4 is 23.9 Å². The first kappa shape index (κ1) is 13.0. The van der Waals surface area contributed by atoms with E-state index in [1.54, 1.807) is 6.92 Å². The van der Waals surface area contributed by atoms with Gasteiger partial charge in [0.25, 0.3) is 0 Å². The maximum Gasteiger partial charge on any atom is 0.341 e. The minimum atomic E-state index is -0.672. The second-order valence-corrected chi connectivity index (χ2v) is 5.57. The van der Waals surface area contributed by atoms with Crippen molar-refractivity contribution < 1.29 is 28.7 Å². The fraction of sp³-hybridized carbons (Fsp3) is 0.571. The highest BCUT2D eigenvalue weighted by Gasteiger charge is 2.45. The van der Waals surface area contributed by atoms with Gasteiger partial charge in [-0.3, -0.25) is 14.4 Å². The van der Waals surface area contributed by atoms with Crippen LogP contribution in [0.25, 0.3) is 0 Å². The molecule has 2 aliphatic heterocycles. The Morgan fingerprint density at radius 3 is 2.45 bits per heavy atom. The minimum Gasteiger partial charge on any atom is -0.393 e. The molecule has 0 N–H and O–H groups in total. The van der Waals surface area contributed by atoms with E-state index in [2.05, 4.69) is 0 Å². The lowest BCUT2D eigenvalue weighted by Gasteiger charge is -2.35. The molecule has 2 heterocycles. The van der Waals surface area contributed by atoms with Crippen molar-refractivity contribution in [3.05, 3.63) is 11.1 Å². The van der Waals surface area contributed by atoms with E-state index in [9.17, 15) is 19.2 Å². The van der Waals surface area contributed by atoms with Crippen LogP contribution in [0.15, 0.2) is 11.1 Å². The van der Waals surface area contributed by atoms with Gasteiger partial charge in [-0.1, -0.05) is 0 Å². The molecular formula is C14H14O6. The van der Waals surface area contributed by atoms with Crippen molar-refractivity contribution in [1.29, 1.82) is 0 Å². The highest BCUT2D eigenvalue weighted by atomic mass is 16.6. The Balaban J connectivity index is 2.12. The van der Waals surface area contributed by atoms with Gasteiger partial charge in [0.05, 0.1) is 11.8 Å². The van der Waals surface area contributed by atoms with Gasteiger partial charge in [-0.25, -0.2) is 4.79 Å². The number of rotatable bonds is 0. The maximum absolute atomic E-state index is 11.9. The normalized spacial score (nSPS) is 34.0.